The number of hydrogen-bond acceptors (Lipinski definition) is 2. The van der Waals surface area contributed by atoms with Gasteiger partial charge in [-0.3, -0.25) is 4.31 Å². The molecular weight excluding hydrogens is 337 g/mol. The standard InChI is InChI=1S/C20H18FNO2S/c1-16-7-5-6-8-17(16)15-22(19-13-11-18(21)12-14-19)25(23,24)20-9-3-2-4-10-20/h2-14H,15H2,1H3. The van der Waals surface area contributed by atoms with Crippen molar-refractivity contribution in [2.45, 2.75) is 18.4 Å². The summed E-state index contributed by atoms with van der Waals surface area (Å²) in [6.07, 6.45) is 0. The van der Waals surface area contributed by atoms with Crippen molar-refractivity contribution < 1.29 is 12.8 Å². The first-order valence-electron chi connectivity index (χ1n) is 7.86. The molecule has 0 atom stereocenters. The Morgan fingerprint density at radius 1 is 0.840 bits per heavy atom. The van der Waals surface area contributed by atoms with Gasteiger partial charge < -0.3 is 0 Å². The van der Waals surface area contributed by atoms with Crippen LogP contribution in [0.3, 0.4) is 0 Å². The minimum Gasteiger partial charge on any atom is -0.262 e. The van der Waals surface area contributed by atoms with Crippen molar-refractivity contribution in [3.63, 3.8) is 0 Å². The van der Waals surface area contributed by atoms with Gasteiger partial charge in [-0.2, -0.15) is 0 Å². The molecule has 0 saturated heterocycles. The van der Waals surface area contributed by atoms with Crippen molar-refractivity contribution in [3.8, 4) is 0 Å². The van der Waals surface area contributed by atoms with E-state index in [2.05, 4.69) is 0 Å². The summed E-state index contributed by atoms with van der Waals surface area (Å²) in [5, 5.41) is 0. The Hall–Kier alpha value is -2.66. The van der Waals surface area contributed by atoms with E-state index in [1.807, 2.05) is 31.2 Å². The molecular formula is C20H18FNO2S. The zero-order valence-electron chi connectivity index (χ0n) is 13.8. The van der Waals surface area contributed by atoms with E-state index in [4.69, 9.17) is 0 Å². The molecule has 0 aliphatic rings. The molecule has 3 aromatic rings. The van der Waals surface area contributed by atoms with Crippen molar-refractivity contribution in [1.82, 2.24) is 0 Å². The van der Waals surface area contributed by atoms with E-state index < -0.39 is 15.8 Å². The summed E-state index contributed by atoms with van der Waals surface area (Å²) in [5.41, 5.74) is 2.32. The number of nitrogens with zero attached hydrogens (tertiary/aromatic N) is 1. The summed E-state index contributed by atoms with van der Waals surface area (Å²) >= 11 is 0. The Bertz CT molecular complexity index is 955. The molecule has 3 nitrogen and oxygen atoms in total. The number of halogens is 1. The second-order valence-corrected chi connectivity index (χ2v) is 7.59. The largest absolute Gasteiger partial charge is 0.264 e. The SMILES string of the molecule is Cc1ccccc1CN(c1ccc(F)cc1)S(=O)(=O)c1ccccc1. The van der Waals surface area contributed by atoms with Gasteiger partial charge in [-0.15, -0.1) is 0 Å². The smallest absolute Gasteiger partial charge is 0.262 e. The van der Waals surface area contributed by atoms with Crippen LogP contribution in [-0.2, 0) is 16.6 Å². The monoisotopic (exact) mass is 355 g/mol. The average molecular weight is 355 g/mol. The normalized spacial score (nSPS) is 11.3. The van der Waals surface area contributed by atoms with Crippen molar-refractivity contribution in [3.05, 3.63) is 95.8 Å². The lowest BCUT2D eigenvalue weighted by molar-refractivity contribution is 0.590. The molecule has 0 spiro atoms. The topological polar surface area (TPSA) is 37.4 Å². The second kappa shape index (κ2) is 7.07. The van der Waals surface area contributed by atoms with Gasteiger partial charge in [0, 0.05) is 0 Å². The van der Waals surface area contributed by atoms with Gasteiger partial charge in [-0.25, -0.2) is 12.8 Å². The van der Waals surface area contributed by atoms with Gasteiger partial charge in [-0.05, 0) is 54.4 Å². The highest BCUT2D eigenvalue weighted by Crippen LogP contribution is 2.27. The fraction of sp³-hybridized carbons (Fsp3) is 0.100. The lowest BCUT2D eigenvalue weighted by Gasteiger charge is -2.25. The zero-order chi connectivity index (χ0) is 17.9. The highest BCUT2D eigenvalue weighted by molar-refractivity contribution is 7.92. The van der Waals surface area contributed by atoms with Crippen molar-refractivity contribution in [2.24, 2.45) is 0 Å². The van der Waals surface area contributed by atoms with Gasteiger partial charge >= 0.3 is 0 Å². The number of benzene rings is 3. The molecule has 0 aliphatic heterocycles. The number of rotatable bonds is 5. The summed E-state index contributed by atoms with van der Waals surface area (Å²) in [5.74, 6) is -0.406. The summed E-state index contributed by atoms with van der Waals surface area (Å²) in [6.45, 7) is 2.11. The Kier molecular flexibility index (Phi) is 4.86. The molecule has 0 heterocycles. The molecule has 5 heteroatoms. The molecule has 0 fully saturated rings. The average Bonchev–Trinajstić information content (AvgIpc) is 2.62. The van der Waals surface area contributed by atoms with Gasteiger partial charge in [0.05, 0.1) is 17.1 Å². The number of hydrogen-bond donors (Lipinski definition) is 0. The van der Waals surface area contributed by atoms with Crippen LogP contribution in [0.1, 0.15) is 11.1 Å². The van der Waals surface area contributed by atoms with E-state index in [0.29, 0.717) is 5.69 Å². The Labute approximate surface area is 147 Å². The molecule has 0 unspecified atom stereocenters. The molecule has 0 aromatic heterocycles. The van der Waals surface area contributed by atoms with E-state index in [-0.39, 0.29) is 11.4 Å². The highest BCUT2D eigenvalue weighted by atomic mass is 32.2. The van der Waals surface area contributed by atoms with Crippen LogP contribution in [-0.4, -0.2) is 8.42 Å². The van der Waals surface area contributed by atoms with E-state index in [0.717, 1.165) is 11.1 Å². The van der Waals surface area contributed by atoms with E-state index >= 15 is 0 Å². The van der Waals surface area contributed by atoms with Crippen molar-refractivity contribution >= 4 is 15.7 Å². The maximum atomic E-state index is 13.3. The van der Waals surface area contributed by atoms with Gasteiger partial charge in [-0.1, -0.05) is 42.5 Å². The molecule has 0 N–H and O–H groups in total. The second-order valence-electron chi connectivity index (χ2n) is 5.73. The quantitative estimate of drug-likeness (QED) is 0.674. The third kappa shape index (κ3) is 3.72. The first-order chi connectivity index (χ1) is 12.0. The van der Waals surface area contributed by atoms with Crippen LogP contribution in [0.25, 0.3) is 0 Å². The van der Waals surface area contributed by atoms with E-state index in [1.165, 1.54) is 28.6 Å². The summed E-state index contributed by atoms with van der Waals surface area (Å²) in [6, 6.07) is 21.4. The molecule has 25 heavy (non-hydrogen) atoms. The minimum atomic E-state index is -3.77. The van der Waals surface area contributed by atoms with Crippen LogP contribution in [0.4, 0.5) is 10.1 Å². The fourth-order valence-electron chi connectivity index (χ4n) is 2.58. The molecule has 3 aromatic carbocycles. The van der Waals surface area contributed by atoms with E-state index in [1.54, 1.807) is 30.3 Å². The molecule has 0 bridgehead atoms. The molecule has 0 saturated carbocycles. The zero-order valence-corrected chi connectivity index (χ0v) is 14.6. The third-order valence-corrected chi connectivity index (χ3v) is 5.81. The summed E-state index contributed by atoms with van der Waals surface area (Å²) in [4.78, 5) is 0.202. The number of sulfonamides is 1. The first-order valence-corrected chi connectivity index (χ1v) is 9.30. The van der Waals surface area contributed by atoms with Gasteiger partial charge in [0.25, 0.3) is 10.0 Å². The van der Waals surface area contributed by atoms with Crippen molar-refractivity contribution in [2.75, 3.05) is 4.31 Å². The maximum absolute atomic E-state index is 13.3. The lowest BCUT2D eigenvalue weighted by atomic mass is 10.1. The molecule has 0 aliphatic carbocycles. The highest BCUT2D eigenvalue weighted by Gasteiger charge is 2.25. The molecule has 0 radical (unpaired) electrons. The fourth-order valence-corrected chi connectivity index (χ4v) is 4.05. The summed E-state index contributed by atoms with van der Waals surface area (Å²) < 4.78 is 40.9. The summed E-state index contributed by atoms with van der Waals surface area (Å²) in [7, 11) is -3.77. The predicted molar refractivity (Wildman–Crippen MR) is 97.4 cm³/mol. The van der Waals surface area contributed by atoms with Gasteiger partial charge in [0.2, 0.25) is 0 Å². The maximum Gasteiger partial charge on any atom is 0.264 e. The van der Waals surface area contributed by atoms with Crippen LogP contribution in [0.5, 0.6) is 0 Å². The van der Waals surface area contributed by atoms with Crippen molar-refractivity contribution in [1.29, 1.82) is 0 Å². The Morgan fingerprint density at radius 3 is 2.08 bits per heavy atom. The predicted octanol–water partition coefficient (Wildman–Crippen LogP) is 4.53. The molecule has 3 rings (SSSR count). The number of aryl methyl sites for hydroxylation is 1. The van der Waals surface area contributed by atoms with Crippen LogP contribution in [0.15, 0.2) is 83.8 Å². The Morgan fingerprint density at radius 2 is 1.44 bits per heavy atom. The van der Waals surface area contributed by atoms with Gasteiger partial charge in [0.15, 0.2) is 0 Å². The first kappa shape index (κ1) is 17.2. The van der Waals surface area contributed by atoms with E-state index in [9.17, 15) is 12.8 Å². The molecule has 0 amide bonds. The van der Waals surface area contributed by atoms with Crippen LogP contribution >= 0.6 is 0 Å². The lowest BCUT2D eigenvalue weighted by Crippen LogP contribution is -2.30. The third-order valence-electron chi connectivity index (χ3n) is 4.02. The minimum absolute atomic E-state index is 0.176. The molecule has 128 valence electrons. The van der Waals surface area contributed by atoms with Crippen LogP contribution in [0, 0.1) is 12.7 Å². The Balaban J connectivity index is 2.09. The van der Waals surface area contributed by atoms with Gasteiger partial charge in [0.1, 0.15) is 5.82 Å². The van der Waals surface area contributed by atoms with Crippen LogP contribution < -0.4 is 4.31 Å². The van der Waals surface area contributed by atoms with Crippen LogP contribution in [0.2, 0.25) is 0 Å². The number of anilines is 1.